The second-order valence-electron chi connectivity index (χ2n) is 7.41. The van der Waals surface area contributed by atoms with Crippen LogP contribution in [0.4, 0.5) is 0 Å². The Morgan fingerprint density at radius 1 is 0.727 bits per heavy atom. The maximum Gasteiger partial charge on any atom is 4.00 e. The third-order valence-corrected chi connectivity index (χ3v) is 5.31. The first-order valence-corrected chi connectivity index (χ1v) is 10.2. The number of aromatic nitrogens is 2. The van der Waals surface area contributed by atoms with E-state index >= 15 is 0 Å². The van der Waals surface area contributed by atoms with Gasteiger partial charge in [-0.05, 0) is 18.2 Å². The van der Waals surface area contributed by atoms with Crippen molar-refractivity contribution in [3.8, 4) is 5.69 Å². The first kappa shape index (κ1) is 26.8. The largest absolute Gasteiger partial charge is 4.00 e. The molecule has 0 saturated carbocycles. The Balaban J connectivity index is 0.000000229. The van der Waals surface area contributed by atoms with Crippen molar-refractivity contribution in [1.29, 1.82) is 0 Å². The van der Waals surface area contributed by atoms with Crippen LogP contribution < -0.4 is 24.8 Å². The molecule has 0 fully saturated rings. The maximum atomic E-state index is 4.48. The normalized spacial score (nSPS) is 9.82. The Bertz CT molecular complexity index is 1340. The molecule has 162 valence electrons. The molecule has 0 amide bonds. The van der Waals surface area contributed by atoms with Crippen LogP contribution in [0.25, 0.3) is 27.4 Å². The molecule has 5 aromatic carbocycles. The minimum absolute atomic E-state index is 0. The summed E-state index contributed by atoms with van der Waals surface area (Å²) in [6, 6.07) is 40.0. The number of rotatable bonds is 3. The van der Waals surface area contributed by atoms with Gasteiger partial charge in [0.2, 0.25) is 0 Å². The number of nitrogens with zero attached hydrogens (tertiary/aromatic N) is 2. The fourth-order valence-electron chi connectivity index (χ4n) is 3.80. The number of fused-ring (bicyclic) bond motifs is 2. The standard InChI is InChI=1S/C16H11N2.C12H11.2ClH.Zr/c1-2-6-13-10-15(9-12(13)5-1)18-16-8-4-3-7-14(16)11-17-18;1-2-6-11(7-3-1)10-12-8-4-5-9-12;;;/h1-11H;1-9H,10H2;2*1H;/q2*-1;;;+4/p-2. The molecule has 0 unspecified atom stereocenters. The zero-order valence-corrected chi connectivity index (χ0v) is 21.9. The van der Waals surface area contributed by atoms with Crippen molar-refractivity contribution in [2.24, 2.45) is 0 Å². The summed E-state index contributed by atoms with van der Waals surface area (Å²) in [5.74, 6) is 0. The van der Waals surface area contributed by atoms with Gasteiger partial charge >= 0.3 is 26.2 Å². The summed E-state index contributed by atoms with van der Waals surface area (Å²) in [5, 5.41) is 8.16. The second-order valence-corrected chi connectivity index (χ2v) is 7.41. The third-order valence-electron chi connectivity index (χ3n) is 5.31. The van der Waals surface area contributed by atoms with Gasteiger partial charge < -0.3 is 24.8 Å². The van der Waals surface area contributed by atoms with Gasteiger partial charge in [-0.25, -0.2) is 12.1 Å². The smallest absolute Gasteiger partial charge is 1.00 e. The van der Waals surface area contributed by atoms with Crippen molar-refractivity contribution in [2.75, 3.05) is 0 Å². The van der Waals surface area contributed by atoms with Crippen LogP contribution >= 0.6 is 0 Å². The van der Waals surface area contributed by atoms with Crippen LogP contribution in [0.1, 0.15) is 11.1 Å². The quantitative estimate of drug-likeness (QED) is 0.301. The van der Waals surface area contributed by atoms with Gasteiger partial charge in [0.25, 0.3) is 0 Å². The van der Waals surface area contributed by atoms with Crippen molar-refractivity contribution in [3.63, 3.8) is 0 Å². The molecule has 0 N–H and O–H groups in total. The van der Waals surface area contributed by atoms with Crippen LogP contribution in [0.15, 0.2) is 121 Å². The fourth-order valence-corrected chi connectivity index (χ4v) is 3.80. The van der Waals surface area contributed by atoms with Crippen LogP contribution in [0.3, 0.4) is 0 Å². The van der Waals surface area contributed by atoms with E-state index in [1.54, 1.807) is 0 Å². The third kappa shape index (κ3) is 6.33. The molecule has 33 heavy (non-hydrogen) atoms. The van der Waals surface area contributed by atoms with Gasteiger partial charge in [-0.3, -0.25) is 4.68 Å². The summed E-state index contributed by atoms with van der Waals surface area (Å²) in [6.07, 6.45) is 2.96. The van der Waals surface area contributed by atoms with E-state index in [9.17, 15) is 0 Å². The molecular weight excluding hydrogens is 526 g/mol. The molecular formula is C28H22Cl2N2Zr. The average Bonchev–Trinajstić information content (AvgIpc) is 3.54. The molecule has 5 heteroatoms. The van der Waals surface area contributed by atoms with Crippen molar-refractivity contribution in [3.05, 3.63) is 133 Å². The van der Waals surface area contributed by atoms with Gasteiger partial charge in [0, 0.05) is 5.39 Å². The first-order chi connectivity index (χ1) is 14.9. The van der Waals surface area contributed by atoms with Gasteiger partial charge in [-0.2, -0.15) is 22.8 Å². The summed E-state index contributed by atoms with van der Waals surface area (Å²) >= 11 is 0. The van der Waals surface area contributed by atoms with E-state index in [1.165, 1.54) is 27.3 Å². The first-order valence-electron chi connectivity index (χ1n) is 10.2. The molecule has 0 aliphatic heterocycles. The molecule has 0 atom stereocenters. The Labute approximate surface area is 225 Å². The minimum atomic E-state index is 0. The molecule has 1 heterocycles. The number of para-hydroxylation sites is 1. The van der Waals surface area contributed by atoms with E-state index in [0.717, 1.165) is 17.6 Å². The summed E-state index contributed by atoms with van der Waals surface area (Å²) in [6.45, 7) is 0. The minimum Gasteiger partial charge on any atom is -1.00 e. The van der Waals surface area contributed by atoms with Gasteiger partial charge in [0.05, 0.1) is 11.7 Å². The Morgan fingerprint density at radius 2 is 1.36 bits per heavy atom. The molecule has 1 aromatic heterocycles. The number of hydrogen-bond acceptors (Lipinski definition) is 1. The van der Waals surface area contributed by atoms with Gasteiger partial charge in [0.15, 0.2) is 0 Å². The molecule has 0 saturated heterocycles. The average molecular weight is 549 g/mol. The predicted octanol–water partition coefficient (Wildman–Crippen LogP) is 0.899. The molecule has 0 spiro atoms. The van der Waals surface area contributed by atoms with E-state index in [0.29, 0.717) is 0 Å². The van der Waals surface area contributed by atoms with Crippen LogP contribution in [0, 0.1) is 0 Å². The van der Waals surface area contributed by atoms with Gasteiger partial charge in [0.1, 0.15) is 0 Å². The zero-order chi connectivity index (χ0) is 20.2. The Hall–Kier alpha value is -2.45. The monoisotopic (exact) mass is 546 g/mol. The van der Waals surface area contributed by atoms with Crippen molar-refractivity contribution >= 4 is 21.7 Å². The molecule has 6 rings (SSSR count). The Kier molecular flexibility index (Phi) is 10.3. The molecule has 0 radical (unpaired) electrons. The van der Waals surface area contributed by atoms with Crippen molar-refractivity contribution < 1.29 is 51.0 Å². The summed E-state index contributed by atoms with van der Waals surface area (Å²) < 4.78 is 2.00. The maximum absolute atomic E-state index is 4.48. The van der Waals surface area contributed by atoms with E-state index < -0.39 is 0 Å². The number of halogens is 2. The molecule has 0 bridgehead atoms. The van der Waals surface area contributed by atoms with Crippen LogP contribution in [-0.2, 0) is 32.6 Å². The molecule has 0 aliphatic rings. The summed E-state index contributed by atoms with van der Waals surface area (Å²) in [7, 11) is 0. The van der Waals surface area contributed by atoms with E-state index in [4.69, 9.17) is 0 Å². The molecule has 0 aliphatic carbocycles. The Morgan fingerprint density at radius 3 is 2.09 bits per heavy atom. The predicted molar refractivity (Wildman–Crippen MR) is 125 cm³/mol. The number of hydrogen-bond donors (Lipinski definition) is 0. The van der Waals surface area contributed by atoms with E-state index in [-0.39, 0.29) is 51.0 Å². The van der Waals surface area contributed by atoms with Crippen molar-refractivity contribution in [2.45, 2.75) is 6.42 Å². The van der Waals surface area contributed by atoms with Crippen LogP contribution in [-0.4, -0.2) is 9.78 Å². The van der Waals surface area contributed by atoms with Gasteiger partial charge in [-0.15, -0.1) is 41.1 Å². The zero-order valence-electron chi connectivity index (χ0n) is 17.9. The summed E-state index contributed by atoms with van der Waals surface area (Å²) in [4.78, 5) is 0. The van der Waals surface area contributed by atoms with Gasteiger partial charge in [-0.1, -0.05) is 60.2 Å². The fraction of sp³-hybridized carbons (Fsp3) is 0.0357. The molecule has 2 nitrogen and oxygen atoms in total. The number of benzene rings is 3. The summed E-state index contributed by atoms with van der Waals surface area (Å²) in [5.41, 5.74) is 5.04. The SMILES string of the molecule is [Cl-].[Cl-].[Zr+4].c1ccc(C[c-]2cccc2)cc1.c1ccc2[cH-]c(-n3ncc4ccccc43)cc2c1. The van der Waals surface area contributed by atoms with E-state index in [2.05, 4.69) is 108 Å². The van der Waals surface area contributed by atoms with Crippen LogP contribution in [0.2, 0.25) is 0 Å². The van der Waals surface area contributed by atoms with E-state index in [1.807, 2.05) is 23.0 Å². The second kappa shape index (κ2) is 12.7. The van der Waals surface area contributed by atoms with Crippen molar-refractivity contribution in [1.82, 2.24) is 9.78 Å². The van der Waals surface area contributed by atoms with Crippen LogP contribution in [0.5, 0.6) is 0 Å². The molecule has 6 aromatic rings. The topological polar surface area (TPSA) is 17.8 Å².